The van der Waals surface area contributed by atoms with Gasteiger partial charge in [-0.2, -0.15) is 0 Å². The molecule has 192 valence electrons. The Labute approximate surface area is 215 Å². The van der Waals surface area contributed by atoms with Crippen molar-refractivity contribution in [3.05, 3.63) is 88.4 Å². The minimum atomic E-state index is -1.27. The minimum absolute atomic E-state index is 0.0498. The predicted molar refractivity (Wildman–Crippen MR) is 138 cm³/mol. The van der Waals surface area contributed by atoms with Gasteiger partial charge in [-0.1, -0.05) is 81.4 Å². The van der Waals surface area contributed by atoms with Crippen molar-refractivity contribution in [1.82, 2.24) is 9.88 Å². The van der Waals surface area contributed by atoms with Crippen LogP contribution in [0.2, 0.25) is 0 Å². The molecule has 0 saturated heterocycles. The van der Waals surface area contributed by atoms with E-state index in [-0.39, 0.29) is 26.2 Å². The van der Waals surface area contributed by atoms with Crippen molar-refractivity contribution in [3.8, 4) is 0 Å². The molecule has 2 atom stereocenters. The molecule has 9 heteroatoms. The topological polar surface area (TPSA) is 115 Å². The zero-order valence-corrected chi connectivity index (χ0v) is 21.6. The molecule has 0 aliphatic rings. The van der Waals surface area contributed by atoms with E-state index in [0.29, 0.717) is 0 Å². The highest BCUT2D eigenvalue weighted by Crippen LogP contribution is 2.43. The Balaban J connectivity index is 2.11. The maximum absolute atomic E-state index is 13.8. The van der Waals surface area contributed by atoms with Crippen LogP contribution in [-0.2, 0) is 29.0 Å². The first-order valence-electron chi connectivity index (χ1n) is 11.6. The Morgan fingerprint density at radius 3 is 2.17 bits per heavy atom. The number of carbonyl (C=O) groups is 2. The summed E-state index contributed by atoms with van der Waals surface area (Å²) in [5, 5.41) is 11.7. The average molecular weight is 512 g/mol. The summed E-state index contributed by atoms with van der Waals surface area (Å²) in [6.07, 6.45) is -0.945. The van der Waals surface area contributed by atoms with Gasteiger partial charge in [0.2, 0.25) is 0 Å². The van der Waals surface area contributed by atoms with E-state index in [1.54, 1.807) is 16.6 Å². The van der Waals surface area contributed by atoms with E-state index in [0.717, 1.165) is 16.0 Å². The Morgan fingerprint density at radius 2 is 1.64 bits per heavy atom. The lowest BCUT2D eigenvalue weighted by Crippen LogP contribution is -2.68. The summed E-state index contributed by atoms with van der Waals surface area (Å²) in [5.74, 6) is 0. The first-order chi connectivity index (χ1) is 17.1. The molecule has 2 aromatic carbocycles. The number of aliphatic hydroxyl groups excluding tert-OH is 1. The Kier molecular flexibility index (Phi) is 9.06. The molecule has 0 bridgehead atoms. The van der Waals surface area contributed by atoms with Gasteiger partial charge in [-0.25, -0.2) is 9.59 Å². The van der Waals surface area contributed by atoms with E-state index in [4.69, 9.17) is 15.2 Å². The van der Waals surface area contributed by atoms with Crippen LogP contribution in [0.1, 0.15) is 36.8 Å². The number of benzene rings is 2. The number of ether oxygens (including phenoxy) is 2. The summed E-state index contributed by atoms with van der Waals surface area (Å²) in [6, 6.07) is 19.1. The molecular formula is C27H33N3O5S. The van der Waals surface area contributed by atoms with Gasteiger partial charge in [0.15, 0.2) is 0 Å². The van der Waals surface area contributed by atoms with Gasteiger partial charge < -0.3 is 20.3 Å². The van der Waals surface area contributed by atoms with Crippen LogP contribution in [-0.4, -0.2) is 45.4 Å². The number of primary amides is 1. The van der Waals surface area contributed by atoms with Gasteiger partial charge in [0.25, 0.3) is 0 Å². The number of hydrogen-bond acceptors (Lipinski definition) is 7. The van der Waals surface area contributed by atoms with Crippen molar-refractivity contribution in [3.63, 3.8) is 0 Å². The van der Waals surface area contributed by atoms with Gasteiger partial charge in [0, 0.05) is 12.7 Å². The van der Waals surface area contributed by atoms with E-state index >= 15 is 0 Å². The van der Waals surface area contributed by atoms with Crippen molar-refractivity contribution < 1.29 is 24.2 Å². The molecule has 0 fully saturated rings. The second-order valence-electron chi connectivity index (χ2n) is 9.58. The molecular weight excluding hydrogens is 478 g/mol. The van der Waals surface area contributed by atoms with Crippen LogP contribution >= 0.6 is 11.3 Å². The van der Waals surface area contributed by atoms with Crippen LogP contribution in [0.15, 0.2) is 72.4 Å². The number of hydrogen-bond donors (Lipinski definition) is 2. The molecule has 3 N–H and O–H groups in total. The number of rotatable bonds is 10. The summed E-state index contributed by atoms with van der Waals surface area (Å²) >= 11 is 1.39. The van der Waals surface area contributed by atoms with Crippen molar-refractivity contribution in [2.75, 3.05) is 6.61 Å². The van der Waals surface area contributed by atoms with Gasteiger partial charge in [0.1, 0.15) is 19.3 Å². The maximum Gasteiger partial charge on any atom is 0.411 e. The number of aliphatic hydroxyl groups is 1. The summed E-state index contributed by atoms with van der Waals surface area (Å²) < 4.78 is 10.8. The van der Waals surface area contributed by atoms with Crippen molar-refractivity contribution in [2.45, 2.75) is 52.0 Å². The van der Waals surface area contributed by atoms with Gasteiger partial charge in [-0.15, -0.1) is 11.3 Å². The first kappa shape index (κ1) is 27.2. The lowest BCUT2D eigenvalue weighted by Gasteiger charge is -2.54. The normalized spacial score (nSPS) is 13.9. The van der Waals surface area contributed by atoms with E-state index < -0.39 is 29.2 Å². The van der Waals surface area contributed by atoms with Gasteiger partial charge in [-0.3, -0.25) is 9.88 Å². The molecule has 3 aromatic rings. The number of amides is 2. The molecule has 1 aromatic heterocycles. The maximum atomic E-state index is 13.8. The van der Waals surface area contributed by atoms with E-state index in [2.05, 4.69) is 4.98 Å². The monoisotopic (exact) mass is 511 g/mol. The summed E-state index contributed by atoms with van der Waals surface area (Å²) in [4.78, 5) is 31.7. The molecule has 0 saturated carbocycles. The zero-order chi connectivity index (χ0) is 26.2. The number of aromatic nitrogens is 1. The van der Waals surface area contributed by atoms with Crippen molar-refractivity contribution in [2.24, 2.45) is 11.1 Å². The lowest BCUT2D eigenvalue weighted by molar-refractivity contribution is -0.110. The van der Waals surface area contributed by atoms with E-state index in [1.807, 2.05) is 81.4 Å². The van der Waals surface area contributed by atoms with Crippen molar-refractivity contribution >= 4 is 23.5 Å². The Morgan fingerprint density at radius 1 is 1.03 bits per heavy atom. The number of nitrogens with two attached hydrogens (primary N) is 1. The molecule has 2 unspecified atom stereocenters. The SMILES string of the molecule is CC(C)(C)C(Cc1ccccc1)(C(O)COC(N)=O)N(Cc1ccccc1)C(=O)OCc1cncs1. The number of nitrogens with zero attached hydrogens (tertiary/aromatic N) is 2. The van der Waals surface area contributed by atoms with Crippen LogP contribution < -0.4 is 5.73 Å². The first-order valence-corrected chi connectivity index (χ1v) is 12.5. The quantitative estimate of drug-likeness (QED) is 0.405. The highest BCUT2D eigenvalue weighted by molar-refractivity contribution is 7.09. The van der Waals surface area contributed by atoms with E-state index in [1.165, 1.54) is 11.3 Å². The predicted octanol–water partition coefficient (Wildman–Crippen LogP) is 4.77. The third-order valence-corrected chi connectivity index (χ3v) is 7.01. The summed E-state index contributed by atoms with van der Waals surface area (Å²) in [7, 11) is 0. The average Bonchev–Trinajstić information content (AvgIpc) is 3.37. The minimum Gasteiger partial charge on any atom is -0.447 e. The number of thiazole rings is 1. The summed E-state index contributed by atoms with van der Waals surface area (Å²) in [5.41, 5.74) is 6.72. The van der Waals surface area contributed by atoms with Crippen LogP contribution in [0.5, 0.6) is 0 Å². The molecule has 8 nitrogen and oxygen atoms in total. The smallest absolute Gasteiger partial charge is 0.411 e. The van der Waals surface area contributed by atoms with Gasteiger partial charge in [-0.05, 0) is 23.0 Å². The molecule has 3 rings (SSSR count). The molecule has 0 aliphatic heterocycles. The summed E-state index contributed by atoms with van der Waals surface area (Å²) in [6.45, 7) is 5.66. The zero-order valence-electron chi connectivity index (χ0n) is 20.8. The standard InChI is InChI=1S/C27H33N3O5S/c1-26(2,3)27(23(31)18-34-24(28)32,14-20-10-6-4-7-11-20)30(16-21-12-8-5-9-13-21)25(33)35-17-22-15-29-19-36-22/h4-13,15,19,23,31H,14,16-18H2,1-3H3,(H2,28,32). The largest absolute Gasteiger partial charge is 0.447 e. The molecule has 36 heavy (non-hydrogen) atoms. The second-order valence-corrected chi connectivity index (χ2v) is 10.5. The van der Waals surface area contributed by atoms with Crippen LogP contribution in [0.25, 0.3) is 0 Å². The van der Waals surface area contributed by atoms with E-state index in [9.17, 15) is 14.7 Å². The number of carbonyl (C=O) groups excluding carboxylic acids is 2. The fraction of sp³-hybridized carbons (Fsp3) is 0.370. The molecule has 0 aliphatic carbocycles. The van der Waals surface area contributed by atoms with Gasteiger partial charge >= 0.3 is 12.2 Å². The third-order valence-electron chi connectivity index (χ3n) is 6.26. The second kappa shape index (κ2) is 12.0. The highest BCUT2D eigenvalue weighted by atomic mass is 32.1. The Bertz CT molecular complexity index is 1100. The fourth-order valence-electron chi connectivity index (χ4n) is 4.43. The molecule has 0 radical (unpaired) electrons. The third kappa shape index (κ3) is 6.61. The molecule has 2 amide bonds. The molecule has 1 heterocycles. The molecule has 0 spiro atoms. The van der Waals surface area contributed by atoms with Crippen LogP contribution in [0.3, 0.4) is 0 Å². The van der Waals surface area contributed by atoms with Crippen LogP contribution in [0.4, 0.5) is 9.59 Å². The highest BCUT2D eigenvalue weighted by Gasteiger charge is 2.54. The van der Waals surface area contributed by atoms with Crippen molar-refractivity contribution in [1.29, 1.82) is 0 Å². The van der Waals surface area contributed by atoms with Crippen LogP contribution in [0, 0.1) is 5.41 Å². The Hall–Kier alpha value is -3.43. The lowest BCUT2D eigenvalue weighted by atomic mass is 9.65. The fourth-order valence-corrected chi connectivity index (χ4v) is 4.93. The van der Waals surface area contributed by atoms with Gasteiger partial charge in [0.05, 0.1) is 15.9 Å².